The average molecular weight is 295 g/mol. The van der Waals surface area contributed by atoms with Crippen molar-refractivity contribution >= 4 is 23.2 Å². The van der Waals surface area contributed by atoms with E-state index in [-0.39, 0.29) is 0 Å². The zero-order chi connectivity index (χ0) is 13.8. The highest BCUT2D eigenvalue weighted by Crippen LogP contribution is 2.32. The van der Waals surface area contributed by atoms with E-state index in [9.17, 15) is 0 Å². The topological polar surface area (TPSA) is 9.23 Å². The molecular formula is C16H16Cl2O. The van der Waals surface area contributed by atoms with Crippen LogP contribution in [0.3, 0.4) is 0 Å². The summed E-state index contributed by atoms with van der Waals surface area (Å²) in [6.07, 6.45) is 0. The maximum Gasteiger partial charge on any atom is 0.133 e. The molecule has 0 radical (unpaired) electrons. The molecule has 0 aromatic heterocycles. The van der Waals surface area contributed by atoms with Crippen molar-refractivity contribution < 1.29 is 4.74 Å². The molecule has 1 nitrogen and oxygen atoms in total. The fraction of sp³-hybridized carbons (Fsp3) is 0.250. The highest BCUT2D eigenvalue weighted by atomic mass is 35.5. The Hall–Kier alpha value is -1.18. The summed E-state index contributed by atoms with van der Waals surface area (Å²) in [6.45, 7) is 4.31. The molecule has 2 aromatic carbocycles. The lowest BCUT2D eigenvalue weighted by molar-refractivity contribution is 0.477. The normalized spacial score (nSPS) is 10.8. The van der Waals surface area contributed by atoms with Gasteiger partial charge in [-0.3, -0.25) is 0 Å². The molecular weight excluding hydrogens is 279 g/mol. The van der Waals surface area contributed by atoms with Gasteiger partial charge in [-0.1, -0.05) is 43.6 Å². The lowest BCUT2D eigenvalue weighted by Gasteiger charge is -2.12. The number of benzene rings is 2. The van der Waals surface area contributed by atoms with Crippen LogP contribution in [0.25, 0.3) is 0 Å². The first kappa shape index (κ1) is 14.2. The smallest absolute Gasteiger partial charge is 0.133 e. The van der Waals surface area contributed by atoms with Crippen molar-refractivity contribution in [3.05, 3.63) is 58.6 Å². The lowest BCUT2D eigenvalue weighted by atomic mass is 10.0. The number of hydrogen-bond acceptors (Lipinski definition) is 1. The molecule has 2 aromatic rings. The second-order valence-electron chi connectivity index (χ2n) is 4.68. The molecule has 2 rings (SSSR count). The van der Waals surface area contributed by atoms with Gasteiger partial charge in [-0.25, -0.2) is 0 Å². The van der Waals surface area contributed by atoms with Crippen LogP contribution in [0, 0.1) is 0 Å². The molecule has 0 bridgehead atoms. The number of alkyl halides is 1. The summed E-state index contributed by atoms with van der Waals surface area (Å²) in [5.74, 6) is 2.32. The predicted molar refractivity (Wildman–Crippen MR) is 81.6 cm³/mol. The Balaban J connectivity index is 2.31. The maximum atomic E-state index is 6.11. The third kappa shape index (κ3) is 3.43. The van der Waals surface area contributed by atoms with E-state index >= 15 is 0 Å². The van der Waals surface area contributed by atoms with Crippen molar-refractivity contribution in [1.82, 2.24) is 0 Å². The molecule has 0 spiro atoms. The third-order valence-corrected chi connectivity index (χ3v) is 3.58. The van der Waals surface area contributed by atoms with E-state index in [0.717, 1.165) is 11.3 Å². The minimum Gasteiger partial charge on any atom is -0.457 e. The number of halogens is 2. The van der Waals surface area contributed by atoms with Gasteiger partial charge in [-0.15, -0.1) is 11.6 Å². The molecule has 19 heavy (non-hydrogen) atoms. The molecule has 0 unspecified atom stereocenters. The quantitative estimate of drug-likeness (QED) is 0.629. The highest BCUT2D eigenvalue weighted by molar-refractivity contribution is 6.32. The van der Waals surface area contributed by atoms with Crippen LogP contribution in [-0.2, 0) is 5.88 Å². The molecule has 3 heteroatoms. The Bertz CT molecular complexity index is 564. The van der Waals surface area contributed by atoms with Crippen LogP contribution in [0.1, 0.15) is 30.9 Å². The van der Waals surface area contributed by atoms with Crippen molar-refractivity contribution in [3.8, 4) is 11.5 Å². The lowest BCUT2D eigenvalue weighted by Crippen LogP contribution is -1.92. The molecule has 100 valence electrons. The minimum atomic E-state index is 0.332. The maximum absolute atomic E-state index is 6.11. The first-order valence-corrected chi connectivity index (χ1v) is 7.14. The number of hydrogen-bond donors (Lipinski definition) is 0. The zero-order valence-corrected chi connectivity index (χ0v) is 12.5. The van der Waals surface area contributed by atoms with Crippen molar-refractivity contribution in [2.24, 2.45) is 0 Å². The molecule has 0 aliphatic rings. The van der Waals surface area contributed by atoms with Crippen molar-refractivity contribution in [2.75, 3.05) is 0 Å². The van der Waals surface area contributed by atoms with E-state index in [1.165, 1.54) is 5.56 Å². The summed E-state index contributed by atoms with van der Waals surface area (Å²) in [6, 6.07) is 13.6. The van der Waals surface area contributed by atoms with Gasteiger partial charge in [-0.05, 0) is 35.7 Å². The first-order chi connectivity index (χ1) is 9.11. The Morgan fingerprint density at radius 3 is 2.53 bits per heavy atom. The van der Waals surface area contributed by atoms with Gasteiger partial charge in [-0.2, -0.15) is 0 Å². The molecule has 0 saturated heterocycles. The van der Waals surface area contributed by atoms with Crippen LogP contribution in [-0.4, -0.2) is 0 Å². The van der Waals surface area contributed by atoms with E-state index < -0.39 is 0 Å². The van der Waals surface area contributed by atoms with Gasteiger partial charge >= 0.3 is 0 Å². The van der Waals surface area contributed by atoms with E-state index in [1.54, 1.807) is 0 Å². The van der Waals surface area contributed by atoms with Crippen LogP contribution < -0.4 is 4.74 Å². The summed E-state index contributed by atoms with van der Waals surface area (Å²) in [5.41, 5.74) is 2.06. The largest absolute Gasteiger partial charge is 0.457 e. The van der Waals surface area contributed by atoms with Crippen molar-refractivity contribution in [2.45, 2.75) is 25.6 Å². The molecule has 0 saturated carbocycles. The standard InChI is InChI=1S/C16H16Cl2O/c1-11(2)12-5-3-6-13(9-12)19-16-8-4-7-15(18)14(16)10-17/h3-9,11H,10H2,1-2H3. The highest BCUT2D eigenvalue weighted by Gasteiger charge is 2.09. The van der Waals surface area contributed by atoms with Crippen LogP contribution >= 0.6 is 23.2 Å². The fourth-order valence-electron chi connectivity index (χ4n) is 1.83. The Kier molecular flexibility index (Phi) is 4.73. The first-order valence-electron chi connectivity index (χ1n) is 6.23. The van der Waals surface area contributed by atoms with Crippen LogP contribution in [0.5, 0.6) is 11.5 Å². The van der Waals surface area contributed by atoms with Gasteiger partial charge in [0, 0.05) is 10.6 Å². The van der Waals surface area contributed by atoms with Crippen LogP contribution in [0.15, 0.2) is 42.5 Å². The molecule has 0 heterocycles. The molecule has 0 fully saturated rings. The number of ether oxygens (including phenoxy) is 1. The van der Waals surface area contributed by atoms with Gasteiger partial charge < -0.3 is 4.74 Å². The van der Waals surface area contributed by atoms with Crippen molar-refractivity contribution in [3.63, 3.8) is 0 Å². The molecule has 0 aliphatic heterocycles. The summed E-state index contributed by atoms with van der Waals surface area (Å²) in [5, 5.41) is 0.632. The zero-order valence-electron chi connectivity index (χ0n) is 11.0. The molecule has 0 amide bonds. The Morgan fingerprint density at radius 2 is 1.84 bits per heavy atom. The van der Waals surface area contributed by atoms with E-state index in [4.69, 9.17) is 27.9 Å². The van der Waals surface area contributed by atoms with Gasteiger partial charge in [0.05, 0.1) is 5.88 Å². The summed E-state index contributed by atoms with van der Waals surface area (Å²) >= 11 is 12.0. The predicted octanol–water partition coefficient (Wildman–Crippen LogP) is 5.99. The van der Waals surface area contributed by atoms with Crippen LogP contribution in [0.2, 0.25) is 5.02 Å². The minimum absolute atomic E-state index is 0.332. The summed E-state index contributed by atoms with van der Waals surface area (Å²) < 4.78 is 5.90. The third-order valence-electron chi connectivity index (χ3n) is 2.96. The second kappa shape index (κ2) is 6.31. The van der Waals surface area contributed by atoms with Gasteiger partial charge in [0.2, 0.25) is 0 Å². The van der Waals surface area contributed by atoms with Gasteiger partial charge in [0.1, 0.15) is 11.5 Å². The number of rotatable bonds is 4. The van der Waals surface area contributed by atoms with Gasteiger partial charge in [0.15, 0.2) is 0 Å². The Labute approximate surface area is 124 Å². The molecule has 0 N–H and O–H groups in total. The van der Waals surface area contributed by atoms with Crippen LogP contribution in [0.4, 0.5) is 0 Å². The Morgan fingerprint density at radius 1 is 1.11 bits per heavy atom. The van der Waals surface area contributed by atoms with E-state index in [2.05, 4.69) is 19.9 Å². The second-order valence-corrected chi connectivity index (χ2v) is 5.35. The molecule has 0 aliphatic carbocycles. The van der Waals surface area contributed by atoms with E-state index in [0.29, 0.717) is 22.6 Å². The SMILES string of the molecule is CC(C)c1cccc(Oc2cccc(Cl)c2CCl)c1. The molecule has 0 atom stereocenters. The summed E-state index contributed by atoms with van der Waals surface area (Å²) in [7, 11) is 0. The average Bonchev–Trinajstić information content (AvgIpc) is 2.39. The van der Waals surface area contributed by atoms with Gasteiger partial charge in [0.25, 0.3) is 0 Å². The monoisotopic (exact) mass is 294 g/mol. The fourth-order valence-corrected chi connectivity index (χ4v) is 2.41. The summed E-state index contributed by atoms with van der Waals surface area (Å²) in [4.78, 5) is 0. The van der Waals surface area contributed by atoms with E-state index in [1.807, 2.05) is 36.4 Å². The van der Waals surface area contributed by atoms with Crippen molar-refractivity contribution in [1.29, 1.82) is 0 Å².